The van der Waals surface area contributed by atoms with Gasteiger partial charge in [0.2, 0.25) is 5.43 Å². The van der Waals surface area contributed by atoms with Gasteiger partial charge in [-0.3, -0.25) is 14.6 Å². The Hall–Kier alpha value is -5.53. The lowest BCUT2D eigenvalue weighted by molar-refractivity contribution is -0.141. The lowest BCUT2D eigenvalue weighted by Crippen LogP contribution is -2.29. The number of carbonyl (C=O) groups is 1. The number of halogens is 5. The normalized spacial score (nSPS) is 11.4. The number of amides is 1. The number of hydrogen-bond acceptors (Lipinski definition) is 7. The van der Waals surface area contributed by atoms with E-state index in [-0.39, 0.29) is 45.4 Å². The number of carbonyl (C=O) groups excluding carboxylic acids is 1. The molecule has 0 radical (unpaired) electrons. The summed E-state index contributed by atoms with van der Waals surface area (Å²) in [6.45, 7) is -0.207. The van der Waals surface area contributed by atoms with Crippen molar-refractivity contribution >= 4 is 22.6 Å². The van der Waals surface area contributed by atoms with Crippen LogP contribution in [0.2, 0.25) is 0 Å². The second-order valence-corrected chi connectivity index (χ2v) is 9.66. The van der Waals surface area contributed by atoms with E-state index < -0.39 is 41.3 Å². The van der Waals surface area contributed by atoms with Crippen molar-refractivity contribution in [2.24, 2.45) is 0 Å². The summed E-state index contributed by atoms with van der Waals surface area (Å²) < 4.78 is 85.7. The van der Waals surface area contributed by atoms with Gasteiger partial charge in [0.05, 0.1) is 19.7 Å². The second kappa shape index (κ2) is 12.2. The Morgan fingerprint density at radius 2 is 1.69 bits per heavy atom. The largest absolute Gasteiger partial charge is 0.491 e. The highest BCUT2D eigenvalue weighted by molar-refractivity contribution is 6.04. The molecule has 0 fully saturated rings. The number of ether oxygens (including phenoxy) is 3. The molecule has 3 heterocycles. The van der Waals surface area contributed by atoms with Crippen molar-refractivity contribution in [1.82, 2.24) is 14.5 Å². The van der Waals surface area contributed by atoms with Gasteiger partial charge < -0.3 is 24.1 Å². The molecule has 0 spiro atoms. The first-order valence-corrected chi connectivity index (χ1v) is 13.1. The summed E-state index contributed by atoms with van der Waals surface area (Å²) >= 11 is 0. The molecule has 45 heavy (non-hydrogen) atoms. The third-order valence-electron chi connectivity index (χ3n) is 6.71. The highest BCUT2D eigenvalue weighted by Crippen LogP contribution is 2.35. The monoisotopic (exact) mass is 626 g/mol. The molecule has 0 saturated carbocycles. The molecule has 0 atom stereocenters. The van der Waals surface area contributed by atoms with Crippen molar-refractivity contribution in [2.45, 2.75) is 19.6 Å². The van der Waals surface area contributed by atoms with Crippen LogP contribution in [-0.4, -0.2) is 40.8 Å². The average molecular weight is 627 g/mol. The van der Waals surface area contributed by atoms with Crippen molar-refractivity contribution in [1.29, 1.82) is 0 Å². The fourth-order valence-corrected chi connectivity index (χ4v) is 4.59. The van der Waals surface area contributed by atoms with Crippen molar-refractivity contribution in [3.05, 3.63) is 100 Å². The minimum absolute atomic E-state index is 0.0813. The third-order valence-corrected chi connectivity index (χ3v) is 6.71. The van der Waals surface area contributed by atoms with E-state index in [4.69, 9.17) is 14.2 Å². The molecule has 1 amide bonds. The smallest absolute Gasteiger partial charge is 0.406 e. The lowest BCUT2D eigenvalue weighted by Gasteiger charge is -2.18. The molecule has 5 rings (SSSR count). The van der Waals surface area contributed by atoms with Gasteiger partial charge in [0.15, 0.2) is 23.1 Å². The number of hydrogen-bond donors (Lipinski definition) is 1. The van der Waals surface area contributed by atoms with Gasteiger partial charge in [-0.25, -0.2) is 13.8 Å². The van der Waals surface area contributed by atoms with Gasteiger partial charge in [0.25, 0.3) is 11.8 Å². The standard InChI is InChI=1S/C31H23F5N4O5/c1-16-26(17-4-6-18(32)7-5-17)28(41)20(14-40(16)15-31(34,35)36)29(42)38-19-8-9-23(21(33)12-19)45-24-10-11-37-22-13-25(43-2)30(44-3)39-27(22)24/h4-14H,15H2,1-3H3,(H,38,42). The third kappa shape index (κ3) is 6.54. The lowest BCUT2D eigenvalue weighted by atomic mass is 10.0. The number of rotatable bonds is 8. The quantitative estimate of drug-likeness (QED) is 0.192. The van der Waals surface area contributed by atoms with Gasteiger partial charge in [-0.05, 0) is 36.8 Å². The average Bonchev–Trinajstić information content (AvgIpc) is 2.99. The number of alkyl halides is 3. The zero-order valence-electron chi connectivity index (χ0n) is 23.8. The number of aromatic nitrogens is 3. The van der Waals surface area contributed by atoms with E-state index in [9.17, 15) is 27.2 Å². The van der Waals surface area contributed by atoms with Crippen molar-refractivity contribution in [2.75, 3.05) is 19.5 Å². The number of anilines is 1. The molecular weight excluding hydrogens is 603 g/mol. The minimum Gasteiger partial charge on any atom is -0.491 e. The number of fused-ring (bicyclic) bond motifs is 1. The Balaban J connectivity index is 1.46. The number of nitrogens with zero attached hydrogens (tertiary/aromatic N) is 3. The summed E-state index contributed by atoms with van der Waals surface area (Å²) in [5.41, 5.74) is -1.19. The molecule has 0 aliphatic heterocycles. The van der Waals surface area contributed by atoms with Gasteiger partial charge in [-0.2, -0.15) is 13.2 Å². The first-order chi connectivity index (χ1) is 21.4. The van der Waals surface area contributed by atoms with E-state index in [0.29, 0.717) is 15.8 Å². The maximum absolute atomic E-state index is 15.2. The summed E-state index contributed by atoms with van der Waals surface area (Å²) in [6, 6.07) is 11.0. The van der Waals surface area contributed by atoms with Crippen molar-refractivity contribution < 1.29 is 41.0 Å². The van der Waals surface area contributed by atoms with Crippen LogP contribution in [0.15, 0.2) is 71.8 Å². The fraction of sp³-hybridized carbons (Fsp3) is 0.161. The molecule has 0 saturated heterocycles. The van der Waals surface area contributed by atoms with Gasteiger partial charge in [0, 0.05) is 47.5 Å². The molecule has 0 unspecified atom stereocenters. The van der Waals surface area contributed by atoms with E-state index in [2.05, 4.69) is 15.3 Å². The molecule has 9 nitrogen and oxygen atoms in total. The fourth-order valence-electron chi connectivity index (χ4n) is 4.59. The minimum atomic E-state index is -4.68. The first-order valence-electron chi connectivity index (χ1n) is 13.1. The van der Waals surface area contributed by atoms with Crippen LogP contribution in [0.3, 0.4) is 0 Å². The topological polar surface area (TPSA) is 105 Å². The molecule has 0 aliphatic rings. The number of nitrogens with one attached hydrogen (secondary N) is 1. The van der Waals surface area contributed by atoms with Gasteiger partial charge in [-0.15, -0.1) is 0 Å². The van der Waals surface area contributed by atoms with Crippen LogP contribution >= 0.6 is 0 Å². The highest BCUT2D eigenvalue weighted by Gasteiger charge is 2.30. The summed E-state index contributed by atoms with van der Waals surface area (Å²) in [4.78, 5) is 35.1. The molecule has 14 heteroatoms. The Labute approximate surface area is 251 Å². The van der Waals surface area contributed by atoms with E-state index in [1.165, 1.54) is 57.7 Å². The number of pyridine rings is 3. The first kappa shape index (κ1) is 30.9. The van der Waals surface area contributed by atoms with E-state index in [0.717, 1.165) is 24.4 Å². The van der Waals surface area contributed by atoms with Crippen LogP contribution in [-0.2, 0) is 6.54 Å². The maximum atomic E-state index is 15.2. The van der Waals surface area contributed by atoms with Crippen LogP contribution in [0.25, 0.3) is 22.2 Å². The van der Waals surface area contributed by atoms with Crippen LogP contribution in [0.1, 0.15) is 16.1 Å². The van der Waals surface area contributed by atoms with E-state index in [1.807, 2.05) is 0 Å². The molecule has 2 aromatic carbocycles. The SMILES string of the molecule is COc1cc2nccc(Oc3ccc(NC(=O)c4cn(CC(F)(F)F)c(C)c(-c5ccc(F)cc5)c4=O)cc3F)c2nc1OC. The second-order valence-electron chi connectivity index (χ2n) is 9.66. The summed E-state index contributed by atoms with van der Waals surface area (Å²) in [5, 5.41) is 2.34. The van der Waals surface area contributed by atoms with Crippen molar-refractivity contribution in [3.63, 3.8) is 0 Å². The Bertz CT molecular complexity index is 1980. The molecular formula is C31H23F5N4O5. The molecule has 3 aromatic heterocycles. The molecule has 232 valence electrons. The predicted molar refractivity (Wildman–Crippen MR) is 154 cm³/mol. The van der Waals surface area contributed by atoms with E-state index >= 15 is 4.39 Å². The Morgan fingerprint density at radius 1 is 0.956 bits per heavy atom. The van der Waals surface area contributed by atoms with Gasteiger partial charge in [0.1, 0.15) is 23.4 Å². The van der Waals surface area contributed by atoms with Crippen LogP contribution in [0.4, 0.5) is 27.6 Å². The Morgan fingerprint density at radius 3 is 2.33 bits per heavy atom. The molecule has 0 aliphatic carbocycles. The molecule has 0 bridgehead atoms. The highest BCUT2D eigenvalue weighted by atomic mass is 19.4. The van der Waals surface area contributed by atoms with Crippen LogP contribution in [0.5, 0.6) is 23.1 Å². The molecule has 5 aromatic rings. The molecule has 1 N–H and O–H groups in total. The van der Waals surface area contributed by atoms with Gasteiger partial charge >= 0.3 is 6.18 Å². The number of benzene rings is 2. The van der Waals surface area contributed by atoms with E-state index in [1.54, 1.807) is 6.07 Å². The zero-order chi connectivity index (χ0) is 32.5. The Kier molecular flexibility index (Phi) is 8.40. The van der Waals surface area contributed by atoms with Crippen LogP contribution < -0.4 is 25.0 Å². The summed E-state index contributed by atoms with van der Waals surface area (Å²) in [5.74, 6) is -2.27. The number of methoxy groups -OCH3 is 2. The maximum Gasteiger partial charge on any atom is 0.406 e. The van der Waals surface area contributed by atoms with Crippen LogP contribution in [0, 0.1) is 18.6 Å². The zero-order valence-corrected chi connectivity index (χ0v) is 23.8. The van der Waals surface area contributed by atoms with Gasteiger partial charge in [-0.1, -0.05) is 12.1 Å². The van der Waals surface area contributed by atoms with Crippen molar-refractivity contribution in [3.8, 4) is 34.3 Å². The predicted octanol–water partition coefficient (Wildman–Crippen LogP) is 6.67. The summed E-state index contributed by atoms with van der Waals surface area (Å²) in [6.07, 6.45) is -2.48. The summed E-state index contributed by atoms with van der Waals surface area (Å²) in [7, 11) is 2.83.